The van der Waals surface area contributed by atoms with Crippen LogP contribution in [-0.4, -0.2) is 45.8 Å². The van der Waals surface area contributed by atoms with Gasteiger partial charge in [-0.25, -0.2) is 0 Å². The molecule has 0 aromatic rings. The lowest BCUT2D eigenvalue weighted by Gasteiger charge is -2.26. The van der Waals surface area contributed by atoms with E-state index in [4.69, 9.17) is 20.3 Å². The zero-order chi connectivity index (χ0) is 20.1. The van der Waals surface area contributed by atoms with Gasteiger partial charge in [-0.3, -0.25) is 0 Å². The van der Waals surface area contributed by atoms with E-state index in [2.05, 4.69) is 27.7 Å². The fraction of sp³-hybridized carbons (Fsp3) is 1.00. The maximum atomic E-state index is 5.85. The minimum Gasteiger partial charge on any atom is -0.397 e. The molecule has 4 nitrogen and oxygen atoms in total. The molecule has 0 amide bonds. The van der Waals surface area contributed by atoms with E-state index < -0.39 is 9.28 Å². The highest BCUT2D eigenvalue weighted by Crippen LogP contribution is 2.35. The van der Waals surface area contributed by atoms with Gasteiger partial charge < -0.3 is 20.3 Å². The first kappa shape index (κ1) is 28.5. The second-order valence-electron chi connectivity index (χ2n) is 7.57. The Balaban J connectivity index is 0. The summed E-state index contributed by atoms with van der Waals surface area (Å²) in [5.41, 5.74) is 11.0. The molecule has 0 saturated carbocycles. The molecule has 0 aliphatic carbocycles. The van der Waals surface area contributed by atoms with Crippen LogP contribution in [0, 0.1) is 0 Å². The predicted octanol–water partition coefficient (Wildman–Crippen LogP) is 3.65. The van der Waals surface area contributed by atoms with Crippen LogP contribution in [0.3, 0.4) is 0 Å². The molecule has 0 atom stereocenters. The highest BCUT2D eigenvalue weighted by atomic mass is 28.3. The molecule has 0 heterocycles. The van der Waals surface area contributed by atoms with Crippen molar-refractivity contribution in [2.75, 3.05) is 26.3 Å². The summed E-state index contributed by atoms with van der Waals surface area (Å²) in [6.45, 7) is 12.4. The Morgan fingerprint density at radius 2 is 1.27 bits per heavy atom. The van der Waals surface area contributed by atoms with Gasteiger partial charge in [0.15, 0.2) is 0 Å². The Labute approximate surface area is 169 Å². The molecule has 4 N–H and O–H groups in total. The van der Waals surface area contributed by atoms with Gasteiger partial charge in [0.1, 0.15) is 0 Å². The van der Waals surface area contributed by atoms with Crippen LogP contribution in [0.1, 0.15) is 91.9 Å². The SMILES string of the molecule is CCC([SiH3])(CC)CCCN.CCCCO[SiH](CCCCN)OCCCC. The first-order valence-corrected chi connectivity index (χ1v) is 13.9. The van der Waals surface area contributed by atoms with Gasteiger partial charge in [-0.15, -0.1) is 0 Å². The number of unbranched alkanes of at least 4 members (excludes halogenated alkanes) is 3. The minimum absolute atomic E-state index is 0.694. The van der Waals surface area contributed by atoms with E-state index >= 15 is 0 Å². The second-order valence-corrected chi connectivity index (χ2v) is 11.8. The summed E-state index contributed by atoms with van der Waals surface area (Å²) in [5.74, 6) is 0. The summed E-state index contributed by atoms with van der Waals surface area (Å²) in [6.07, 6.45) is 12.2. The van der Waals surface area contributed by atoms with Crippen molar-refractivity contribution in [2.24, 2.45) is 11.5 Å². The van der Waals surface area contributed by atoms with Crippen molar-refractivity contribution < 1.29 is 8.85 Å². The smallest absolute Gasteiger partial charge is 0.321 e. The molecular formula is C20H50N2O2Si2. The van der Waals surface area contributed by atoms with Gasteiger partial charge in [0, 0.05) is 23.5 Å². The molecule has 0 aromatic carbocycles. The van der Waals surface area contributed by atoms with Crippen LogP contribution in [0.4, 0.5) is 0 Å². The van der Waals surface area contributed by atoms with Gasteiger partial charge in [-0.2, -0.15) is 0 Å². The lowest BCUT2D eigenvalue weighted by atomic mass is 9.96. The molecule has 26 heavy (non-hydrogen) atoms. The first-order chi connectivity index (χ1) is 12.5. The van der Waals surface area contributed by atoms with E-state index in [1.54, 1.807) is 0 Å². The maximum absolute atomic E-state index is 5.85. The van der Waals surface area contributed by atoms with E-state index in [9.17, 15) is 0 Å². The van der Waals surface area contributed by atoms with Crippen molar-refractivity contribution in [1.29, 1.82) is 0 Å². The third kappa shape index (κ3) is 19.0. The van der Waals surface area contributed by atoms with E-state index in [1.165, 1.54) is 48.8 Å². The Bertz CT molecular complexity index is 244. The summed E-state index contributed by atoms with van der Waals surface area (Å²) >= 11 is 0. The van der Waals surface area contributed by atoms with Crippen LogP contribution in [0.25, 0.3) is 0 Å². The summed E-state index contributed by atoms with van der Waals surface area (Å²) in [4.78, 5) is 0. The molecule has 0 spiro atoms. The van der Waals surface area contributed by atoms with Gasteiger partial charge in [0.2, 0.25) is 0 Å². The Hall–Kier alpha value is 0.274. The third-order valence-corrected chi connectivity index (χ3v) is 9.20. The Kier molecular flexibility index (Phi) is 23.6. The van der Waals surface area contributed by atoms with Gasteiger partial charge in [-0.1, -0.05) is 59.8 Å². The summed E-state index contributed by atoms with van der Waals surface area (Å²) in [5, 5.41) is 0.694. The van der Waals surface area contributed by atoms with E-state index in [1.807, 2.05) is 0 Å². The van der Waals surface area contributed by atoms with Crippen LogP contribution in [-0.2, 0) is 8.85 Å². The molecule has 0 saturated heterocycles. The van der Waals surface area contributed by atoms with E-state index in [-0.39, 0.29) is 0 Å². The molecule has 0 bridgehead atoms. The van der Waals surface area contributed by atoms with E-state index in [0.717, 1.165) is 58.0 Å². The number of hydrogen-bond acceptors (Lipinski definition) is 4. The zero-order valence-electron chi connectivity index (χ0n) is 18.7. The first-order valence-electron chi connectivity index (χ1n) is 11.2. The highest BCUT2D eigenvalue weighted by Gasteiger charge is 2.17. The predicted molar refractivity (Wildman–Crippen MR) is 123 cm³/mol. The molecule has 0 unspecified atom stereocenters. The van der Waals surface area contributed by atoms with Crippen molar-refractivity contribution in [1.82, 2.24) is 0 Å². The molecule has 160 valence electrons. The standard InChI is InChI=1S/C12H29NO2Si.C8H21NSi/c1-3-5-10-14-16(12-8-7-9-13)15-11-6-4-2;1-3-8(10,4-2)6-5-7-9/h16H,3-13H2,1-2H3;3-7,9H2,1-2,10H3. The molecule has 0 rings (SSSR count). The molecule has 0 radical (unpaired) electrons. The van der Waals surface area contributed by atoms with Crippen molar-refractivity contribution >= 4 is 19.5 Å². The van der Waals surface area contributed by atoms with Gasteiger partial charge in [0.25, 0.3) is 0 Å². The van der Waals surface area contributed by atoms with Crippen LogP contribution in [0.5, 0.6) is 0 Å². The largest absolute Gasteiger partial charge is 0.397 e. The maximum Gasteiger partial charge on any atom is 0.321 e. The molecule has 0 aliphatic rings. The van der Waals surface area contributed by atoms with Gasteiger partial charge >= 0.3 is 9.28 Å². The van der Waals surface area contributed by atoms with Crippen LogP contribution in [0.15, 0.2) is 0 Å². The topological polar surface area (TPSA) is 70.5 Å². The fourth-order valence-corrected chi connectivity index (χ4v) is 4.78. The second kappa shape index (κ2) is 21.6. The summed E-state index contributed by atoms with van der Waals surface area (Å²) < 4.78 is 11.7. The Morgan fingerprint density at radius 1 is 0.769 bits per heavy atom. The van der Waals surface area contributed by atoms with Crippen LogP contribution >= 0.6 is 0 Å². The molecule has 0 aromatic heterocycles. The van der Waals surface area contributed by atoms with Crippen LogP contribution in [0.2, 0.25) is 11.1 Å². The monoisotopic (exact) mass is 406 g/mol. The third-order valence-electron chi connectivity index (χ3n) is 5.19. The lowest BCUT2D eigenvalue weighted by molar-refractivity contribution is 0.190. The minimum atomic E-state index is -1.38. The quantitative estimate of drug-likeness (QED) is 0.286. The fourth-order valence-electron chi connectivity index (χ4n) is 2.52. The van der Waals surface area contributed by atoms with Gasteiger partial charge in [0.05, 0.1) is 0 Å². The molecule has 0 fully saturated rings. The molecule has 6 heteroatoms. The summed E-state index contributed by atoms with van der Waals surface area (Å²) in [7, 11) is -0.0557. The normalized spacial score (nSPS) is 11.7. The van der Waals surface area contributed by atoms with Crippen LogP contribution < -0.4 is 11.5 Å². The van der Waals surface area contributed by atoms with Gasteiger partial charge in [-0.05, 0) is 56.3 Å². The van der Waals surface area contributed by atoms with Crippen molar-refractivity contribution in [3.8, 4) is 0 Å². The number of nitrogens with two attached hydrogens (primary N) is 2. The molecular weight excluding hydrogens is 356 g/mol. The van der Waals surface area contributed by atoms with E-state index in [0.29, 0.717) is 5.04 Å². The van der Waals surface area contributed by atoms with Crippen molar-refractivity contribution in [2.45, 2.75) is 103 Å². The average Bonchev–Trinajstić information content (AvgIpc) is 2.66. The summed E-state index contributed by atoms with van der Waals surface area (Å²) in [6, 6.07) is 1.12. The average molecular weight is 407 g/mol. The Morgan fingerprint density at radius 3 is 1.65 bits per heavy atom. The zero-order valence-corrected chi connectivity index (χ0v) is 21.8. The molecule has 0 aliphatic heterocycles. The highest BCUT2D eigenvalue weighted by molar-refractivity contribution is 6.44. The number of hydrogen-bond donors (Lipinski definition) is 2. The number of rotatable bonds is 17. The van der Waals surface area contributed by atoms with Crippen molar-refractivity contribution in [3.63, 3.8) is 0 Å². The van der Waals surface area contributed by atoms with Crippen molar-refractivity contribution in [3.05, 3.63) is 0 Å². The lowest BCUT2D eigenvalue weighted by Crippen LogP contribution is -2.24.